The fraction of sp³-hybridized carbons (Fsp3) is 0.692. The van der Waals surface area contributed by atoms with Crippen molar-refractivity contribution in [1.29, 1.82) is 0 Å². The molecule has 1 aromatic rings. The van der Waals surface area contributed by atoms with Gasteiger partial charge < -0.3 is 9.73 Å². The second-order valence-electron chi connectivity index (χ2n) is 5.27. The van der Waals surface area contributed by atoms with Gasteiger partial charge in [0.05, 0.1) is 24.7 Å². The summed E-state index contributed by atoms with van der Waals surface area (Å²) in [4.78, 5) is 17.2. The van der Waals surface area contributed by atoms with Crippen molar-refractivity contribution in [2.24, 2.45) is 5.92 Å². The Morgan fingerprint density at radius 3 is 2.95 bits per heavy atom. The van der Waals surface area contributed by atoms with Gasteiger partial charge in [0.25, 0.3) is 0 Å². The SMILES string of the molecule is Cc1ncoc1CNC(=O)C1CCCN(CC(F)(F)F)C1. The summed E-state index contributed by atoms with van der Waals surface area (Å²) in [5.74, 6) is -0.0895. The first-order valence-corrected chi connectivity index (χ1v) is 6.81. The lowest BCUT2D eigenvalue weighted by Crippen LogP contribution is -2.45. The van der Waals surface area contributed by atoms with Crippen LogP contribution in [0.1, 0.15) is 24.3 Å². The molecule has 1 N–H and O–H groups in total. The van der Waals surface area contributed by atoms with Crippen LogP contribution >= 0.6 is 0 Å². The number of halogens is 3. The smallest absolute Gasteiger partial charge is 0.401 e. The van der Waals surface area contributed by atoms with Crippen molar-refractivity contribution in [3.63, 3.8) is 0 Å². The highest BCUT2D eigenvalue weighted by Crippen LogP contribution is 2.22. The minimum absolute atomic E-state index is 0.140. The van der Waals surface area contributed by atoms with Crippen LogP contribution in [0.3, 0.4) is 0 Å². The number of hydrogen-bond acceptors (Lipinski definition) is 4. The number of hydrogen-bond donors (Lipinski definition) is 1. The number of aromatic nitrogens is 1. The van der Waals surface area contributed by atoms with Crippen LogP contribution in [0.2, 0.25) is 0 Å². The van der Waals surface area contributed by atoms with Crippen LogP contribution in [0.25, 0.3) is 0 Å². The molecule has 0 spiro atoms. The van der Waals surface area contributed by atoms with Crippen LogP contribution in [-0.4, -0.2) is 41.6 Å². The number of piperidine rings is 1. The Morgan fingerprint density at radius 2 is 2.33 bits per heavy atom. The fourth-order valence-electron chi connectivity index (χ4n) is 2.47. The van der Waals surface area contributed by atoms with Crippen LogP contribution in [0.4, 0.5) is 13.2 Å². The van der Waals surface area contributed by atoms with Crippen molar-refractivity contribution in [3.8, 4) is 0 Å². The lowest BCUT2D eigenvalue weighted by atomic mass is 9.97. The van der Waals surface area contributed by atoms with Gasteiger partial charge in [0.1, 0.15) is 5.76 Å². The van der Waals surface area contributed by atoms with Crippen molar-refractivity contribution < 1.29 is 22.4 Å². The summed E-state index contributed by atoms with van der Waals surface area (Å²) in [6.07, 6.45) is -1.73. The predicted octanol–water partition coefficient (Wildman–Crippen LogP) is 1.87. The van der Waals surface area contributed by atoms with Crippen molar-refractivity contribution in [2.75, 3.05) is 19.6 Å². The zero-order valence-corrected chi connectivity index (χ0v) is 11.7. The second kappa shape index (κ2) is 6.46. The summed E-state index contributed by atoms with van der Waals surface area (Å²) < 4.78 is 42.3. The Balaban J connectivity index is 1.83. The molecule has 1 aliphatic heterocycles. The molecule has 21 heavy (non-hydrogen) atoms. The molecule has 1 fully saturated rings. The standard InChI is InChI=1S/C13H18F3N3O2/c1-9-11(21-8-18-9)5-17-12(20)10-3-2-4-19(6-10)7-13(14,15)16/h8,10H,2-7H2,1H3,(H,17,20). The van der Waals surface area contributed by atoms with Gasteiger partial charge in [0.15, 0.2) is 6.39 Å². The molecular weight excluding hydrogens is 287 g/mol. The van der Waals surface area contributed by atoms with Crippen LogP contribution in [0.5, 0.6) is 0 Å². The third kappa shape index (κ3) is 4.73. The molecule has 8 heteroatoms. The van der Waals surface area contributed by atoms with E-state index in [1.54, 1.807) is 6.92 Å². The molecule has 1 aliphatic rings. The maximum atomic E-state index is 12.4. The summed E-state index contributed by atoms with van der Waals surface area (Å²) in [5, 5.41) is 2.70. The van der Waals surface area contributed by atoms with E-state index in [0.717, 1.165) is 0 Å². The van der Waals surface area contributed by atoms with E-state index in [4.69, 9.17) is 4.42 Å². The highest BCUT2D eigenvalue weighted by Gasteiger charge is 2.34. The number of alkyl halides is 3. The number of rotatable bonds is 4. The Kier molecular flexibility index (Phi) is 4.87. The second-order valence-corrected chi connectivity index (χ2v) is 5.27. The van der Waals surface area contributed by atoms with Gasteiger partial charge in [-0.1, -0.05) is 0 Å². The minimum Gasteiger partial charge on any atom is -0.446 e. The molecule has 1 aromatic heterocycles. The van der Waals surface area contributed by atoms with Gasteiger partial charge in [-0.2, -0.15) is 13.2 Å². The molecule has 1 unspecified atom stereocenters. The van der Waals surface area contributed by atoms with E-state index in [1.807, 2.05) is 0 Å². The number of aryl methyl sites for hydroxylation is 1. The van der Waals surface area contributed by atoms with Gasteiger partial charge in [-0.05, 0) is 26.3 Å². The molecule has 0 saturated carbocycles. The monoisotopic (exact) mass is 305 g/mol. The van der Waals surface area contributed by atoms with Gasteiger partial charge >= 0.3 is 6.18 Å². The first-order chi connectivity index (χ1) is 9.85. The Hall–Kier alpha value is -1.57. The fourth-order valence-corrected chi connectivity index (χ4v) is 2.47. The molecule has 0 radical (unpaired) electrons. The molecule has 0 aromatic carbocycles. The van der Waals surface area contributed by atoms with E-state index in [1.165, 1.54) is 11.3 Å². The molecule has 1 saturated heterocycles. The molecule has 0 bridgehead atoms. The van der Waals surface area contributed by atoms with Crippen LogP contribution in [0, 0.1) is 12.8 Å². The van der Waals surface area contributed by atoms with Crippen LogP contribution in [-0.2, 0) is 11.3 Å². The van der Waals surface area contributed by atoms with Gasteiger partial charge in [-0.15, -0.1) is 0 Å². The van der Waals surface area contributed by atoms with E-state index >= 15 is 0 Å². The number of carbonyl (C=O) groups excluding carboxylic acids is 1. The predicted molar refractivity (Wildman–Crippen MR) is 68.3 cm³/mol. The molecule has 118 valence electrons. The normalized spacial score (nSPS) is 20.5. The summed E-state index contributed by atoms with van der Waals surface area (Å²) in [5.41, 5.74) is 0.692. The third-order valence-corrected chi connectivity index (χ3v) is 3.55. The summed E-state index contributed by atoms with van der Waals surface area (Å²) in [6, 6.07) is 0. The first-order valence-electron chi connectivity index (χ1n) is 6.81. The molecule has 2 heterocycles. The van der Waals surface area contributed by atoms with E-state index in [0.29, 0.717) is 30.8 Å². The van der Waals surface area contributed by atoms with Crippen LogP contribution in [0.15, 0.2) is 10.8 Å². The number of nitrogens with one attached hydrogen (secondary N) is 1. The molecular formula is C13H18F3N3O2. The zero-order valence-electron chi connectivity index (χ0n) is 11.7. The number of likely N-dealkylation sites (tertiary alicyclic amines) is 1. The highest BCUT2D eigenvalue weighted by atomic mass is 19.4. The van der Waals surface area contributed by atoms with E-state index in [2.05, 4.69) is 10.3 Å². The minimum atomic E-state index is -4.23. The summed E-state index contributed by atoms with van der Waals surface area (Å²) in [6.45, 7) is 1.53. The van der Waals surface area contributed by atoms with Crippen LogP contribution < -0.4 is 5.32 Å². The third-order valence-electron chi connectivity index (χ3n) is 3.55. The lowest BCUT2D eigenvalue weighted by molar-refractivity contribution is -0.152. The number of oxazole rings is 1. The largest absolute Gasteiger partial charge is 0.446 e. The summed E-state index contributed by atoms with van der Waals surface area (Å²) in [7, 11) is 0. The Labute approximate surface area is 120 Å². The quantitative estimate of drug-likeness (QED) is 0.922. The average molecular weight is 305 g/mol. The topological polar surface area (TPSA) is 58.4 Å². The lowest BCUT2D eigenvalue weighted by Gasteiger charge is -2.32. The van der Waals surface area contributed by atoms with Crippen molar-refractivity contribution in [2.45, 2.75) is 32.5 Å². The summed E-state index contributed by atoms with van der Waals surface area (Å²) >= 11 is 0. The zero-order chi connectivity index (χ0) is 15.5. The van der Waals surface area contributed by atoms with Gasteiger partial charge in [-0.25, -0.2) is 4.98 Å². The van der Waals surface area contributed by atoms with Crippen molar-refractivity contribution >= 4 is 5.91 Å². The van der Waals surface area contributed by atoms with Crippen molar-refractivity contribution in [1.82, 2.24) is 15.2 Å². The van der Waals surface area contributed by atoms with Gasteiger partial charge in [-0.3, -0.25) is 9.69 Å². The molecule has 0 aliphatic carbocycles. The van der Waals surface area contributed by atoms with Gasteiger partial charge in [0, 0.05) is 6.54 Å². The van der Waals surface area contributed by atoms with Gasteiger partial charge in [0.2, 0.25) is 5.91 Å². The van der Waals surface area contributed by atoms with E-state index < -0.39 is 18.6 Å². The molecule has 1 atom stereocenters. The first kappa shape index (κ1) is 15.8. The molecule has 2 rings (SSSR count). The maximum absolute atomic E-state index is 12.4. The number of amides is 1. The number of nitrogens with zero attached hydrogens (tertiary/aromatic N) is 2. The Bertz CT molecular complexity index is 487. The number of carbonyl (C=O) groups is 1. The Morgan fingerprint density at radius 1 is 1.57 bits per heavy atom. The molecule has 5 nitrogen and oxygen atoms in total. The van der Waals surface area contributed by atoms with E-state index in [9.17, 15) is 18.0 Å². The molecule has 1 amide bonds. The highest BCUT2D eigenvalue weighted by molar-refractivity contribution is 5.78. The maximum Gasteiger partial charge on any atom is 0.401 e. The van der Waals surface area contributed by atoms with Crippen molar-refractivity contribution in [3.05, 3.63) is 17.8 Å². The van der Waals surface area contributed by atoms with E-state index in [-0.39, 0.29) is 19.0 Å². The average Bonchev–Trinajstić information content (AvgIpc) is 2.80.